The Balaban J connectivity index is 1.43. The van der Waals surface area contributed by atoms with Crippen LogP contribution in [0.3, 0.4) is 0 Å². The Morgan fingerprint density at radius 1 is 1.24 bits per heavy atom. The average Bonchev–Trinajstić information content (AvgIpc) is 3.19. The maximum Gasteiger partial charge on any atom is 0.220 e. The predicted octanol–water partition coefficient (Wildman–Crippen LogP) is 6.92. The van der Waals surface area contributed by atoms with Gasteiger partial charge in [0.05, 0.1) is 5.69 Å². The van der Waals surface area contributed by atoms with E-state index in [1.54, 1.807) is 24.3 Å². The van der Waals surface area contributed by atoms with Crippen LogP contribution in [0, 0.1) is 28.5 Å². The molecule has 37 heavy (non-hydrogen) atoms. The second kappa shape index (κ2) is 11.8. The summed E-state index contributed by atoms with van der Waals surface area (Å²) in [4.78, 5) is 17.6. The lowest BCUT2D eigenvalue weighted by Crippen LogP contribution is -2.40. The fourth-order valence-corrected chi connectivity index (χ4v) is 6.04. The van der Waals surface area contributed by atoms with Crippen LogP contribution >= 0.6 is 0 Å². The molecule has 0 heterocycles. The number of nitrogens with zero attached hydrogens (tertiary/aromatic N) is 1. The van der Waals surface area contributed by atoms with E-state index in [4.69, 9.17) is 10.4 Å². The molecule has 4 unspecified atom stereocenters. The molecule has 196 valence electrons. The maximum atomic E-state index is 13.3. The van der Waals surface area contributed by atoms with Gasteiger partial charge in [-0.15, -0.1) is 0 Å². The zero-order chi connectivity index (χ0) is 26.4. The van der Waals surface area contributed by atoms with Crippen molar-refractivity contribution in [1.29, 1.82) is 5.41 Å². The molecule has 1 saturated carbocycles. The van der Waals surface area contributed by atoms with Crippen molar-refractivity contribution in [2.75, 3.05) is 0 Å². The Kier molecular flexibility index (Phi) is 8.57. The monoisotopic (exact) mass is 503 g/mol. The first-order chi connectivity index (χ1) is 17.8. The fraction of sp³-hybridized carbons (Fsp3) is 0.452. The normalized spacial score (nSPS) is 24.8. The summed E-state index contributed by atoms with van der Waals surface area (Å²) in [5.41, 5.74) is 3.98. The Bertz CT molecular complexity index is 1160. The molecule has 2 aromatic carbocycles. The van der Waals surface area contributed by atoms with Crippen LogP contribution in [0.25, 0.3) is 0 Å². The van der Waals surface area contributed by atoms with Crippen molar-refractivity contribution in [2.24, 2.45) is 22.2 Å². The zero-order valence-corrected chi connectivity index (χ0v) is 21.8. The summed E-state index contributed by atoms with van der Waals surface area (Å²) in [6.07, 6.45) is 10.5. The van der Waals surface area contributed by atoms with E-state index in [1.807, 2.05) is 12.1 Å². The highest BCUT2D eigenvalue weighted by molar-refractivity contribution is 6.08. The number of phenols is 1. The van der Waals surface area contributed by atoms with E-state index in [9.17, 15) is 14.3 Å². The first kappa shape index (κ1) is 26.8. The van der Waals surface area contributed by atoms with Gasteiger partial charge < -0.3 is 15.8 Å². The van der Waals surface area contributed by atoms with Crippen LogP contribution in [0.15, 0.2) is 65.2 Å². The Labute approximate surface area is 219 Å². The van der Waals surface area contributed by atoms with E-state index >= 15 is 0 Å². The van der Waals surface area contributed by atoms with Crippen LogP contribution in [0.1, 0.15) is 64.4 Å². The molecule has 0 spiro atoms. The van der Waals surface area contributed by atoms with Crippen LogP contribution in [0.4, 0.5) is 10.1 Å². The summed E-state index contributed by atoms with van der Waals surface area (Å²) in [7, 11) is 0. The van der Waals surface area contributed by atoms with Gasteiger partial charge in [-0.05, 0) is 97.9 Å². The summed E-state index contributed by atoms with van der Waals surface area (Å²) in [5.74, 6) is 0.373. The fourth-order valence-electron chi connectivity index (χ4n) is 6.04. The Hall–Kier alpha value is -3.28. The highest BCUT2D eigenvalue weighted by atomic mass is 19.1. The number of benzene rings is 2. The van der Waals surface area contributed by atoms with Gasteiger partial charge in [-0.3, -0.25) is 9.79 Å². The molecule has 0 aliphatic heterocycles. The third-order valence-corrected chi connectivity index (χ3v) is 8.18. The minimum atomic E-state index is -0.283. The smallest absolute Gasteiger partial charge is 0.220 e. The second-order valence-electron chi connectivity index (χ2n) is 10.8. The van der Waals surface area contributed by atoms with Crippen LogP contribution in [-0.4, -0.2) is 29.0 Å². The molecule has 1 fully saturated rings. The van der Waals surface area contributed by atoms with Crippen molar-refractivity contribution < 1.29 is 14.3 Å². The third-order valence-electron chi connectivity index (χ3n) is 8.18. The van der Waals surface area contributed by atoms with E-state index in [1.165, 1.54) is 23.9 Å². The molecule has 0 saturated heterocycles. The molecule has 6 heteroatoms. The molecule has 0 aromatic heterocycles. The molecule has 0 radical (unpaired) electrons. The lowest BCUT2D eigenvalue weighted by molar-refractivity contribution is -0.122. The number of carbonyl (C=O) groups excluding carboxylic acids is 1. The SMILES string of the molecule is CCCC(CC1CCC2=CC(=Nc3ccc(F)cc3)C(C=N)CC21C)NC(=O)CCc1ccc(O)cc1. The van der Waals surface area contributed by atoms with Crippen molar-refractivity contribution in [1.82, 2.24) is 5.32 Å². The molecular formula is C31H38FN3O2. The summed E-state index contributed by atoms with van der Waals surface area (Å²) >= 11 is 0. The molecule has 4 rings (SSSR count). The van der Waals surface area contributed by atoms with E-state index in [0.29, 0.717) is 24.4 Å². The predicted molar refractivity (Wildman–Crippen MR) is 147 cm³/mol. The molecule has 2 aliphatic rings. The van der Waals surface area contributed by atoms with Crippen molar-refractivity contribution in [3.63, 3.8) is 0 Å². The summed E-state index contributed by atoms with van der Waals surface area (Å²) in [6, 6.07) is 13.3. The van der Waals surface area contributed by atoms with E-state index in [2.05, 4.69) is 25.2 Å². The number of halogens is 1. The van der Waals surface area contributed by atoms with Crippen molar-refractivity contribution in [3.8, 4) is 5.75 Å². The maximum absolute atomic E-state index is 13.3. The number of allylic oxidation sites excluding steroid dienone is 2. The molecule has 2 aromatic rings. The van der Waals surface area contributed by atoms with Crippen LogP contribution < -0.4 is 5.32 Å². The minimum Gasteiger partial charge on any atom is -0.508 e. The zero-order valence-electron chi connectivity index (χ0n) is 21.8. The highest BCUT2D eigenvalue weighted by Crippen LogP contribution is 2.55. The summed E-state index contributed by atoms with van der Waals surface area (Å²) < 4.78 is 13.3. The molecule has 1 amide bonds. The summed E-state index contributed by atoms with van der Waals surface area (Å²) in [6.45, 7) is 4.47. The first-order valence-corrected chi connectivity index (χ1v) is 13.4. The molecule has 5 nitrogen and oxygen atoms in total. The Morgan fingerprint density at radius 3 is 2.65 bits per heavy atom. The average molecular weight is 504 g/mol. The van der Waals surface area contributed by atoms with Gasteiger partial charge in [0, 0.05) is 30.3 Å². The third kappa shape index (κ3) is 6.54. The lowest BCUT2D eigenvalue weighted by Gasteiger charge is -2.40. The largest absolute Gasteiger partial charge is 0.508 e. The van der Waals surface area contributed by atoms with Gasteiger partial charge in [0.1, 0.15) is 11.6 Å². The van der Waals surface area contributed by atoms with Crippen molar-refractivity contribution >= 4 is 23.5 Å². The van der Waals surface area contributed by atoms with Crippen LogP contribution in [0.5, 0.6) is 5.75 Å². The van der Waals surface area contributed by atoms with E-state index < -0.39 is 0 Å². The van der Waals surface area contributed by atoms with Gasteiger partial charge in [0.15, 0.2) is 0 Å². The number of phenolic OH excluding ortho intramolecular Hbond substituents is 1. The van der Waals surface area contributed by atoms with E-state index in [-0.39, 0.29) is 34.8 Å². The van der Waals surface area contributed by atoms with Gasteiger partial charge >= 0.3 is 0 Å². The lowest BCUT2D eigenvalue weighted by atomic mass is 9.65. The van der Waals surface area contributed by atoms with Crippen LogP contribution in [0.2, 0.25) is 0 Å². The number of aryl methyl sites for hydroxylation is 1. The topological polar surface area (TPSA) is 85.5 Å². The number of rotatable bonds is 10. The molecule has 0 bridgehead atoms. The highest BCUT2D eigenvalue weighted by Gasteiger charge is 2.47. The van der Waals surface area contributed by atoms with Crippen molar-refractivity contribution in [2.45, 2.75) is 71.3 Å². The number of hydrogen-bond donors (Lipinski definition) is 3. The van der Waals surface area contributed by atoms with Gasteiger partial charge in [-0.2, -0.15) is 0 Å². The number of amides is 1. The number of aliphatic imine (C=N–C) groups is 1. The molecule has 3 N–H and O–H groups in total. The molecule has 4 atom stereocenters. The summed E-state index contributed by atoms with van der Waals surface area (Å²) in [5, 5.41) is 20.9. The molecular weight excluding hydrogens is 465 g/mol. The van der Waals surface area contributed by atoms with Gasteiger partial charge in [0.25, 0.3) is 0 Å². The number of hydrogen-bond acceptors (Lipinski definition) is 4. The van der Waals surface area contributed by atoms with Crippen LogP contribution in [-0.2, 0) is 11.2 Å². The quantitative estimate of drug-likeness (QED) is 0.307. The second-order valence-corrected chi connectivity index (χ2v) is 10.8. The van der Waals surface area contributed by atoms with Crippen molar-refractivity contribution in [3.05, 3.63) is 71.6 Å². The number of carbonyl (C=O) groups is 1. The standard InChI is InChI=1S/C31H38FN3O2/c1-3-4-27(35-30(37)16-7-21-5-14-28(36)15-6-21)17-23-8-9-24-18-29(22(20-33)19-31(23,24)2)34-26-12-10-25(32)11-13-26/h5-6,10-15,18,20,22-23,27,33,36H,3-4,7-9,16-17,19H2,1-2H3,(H,35,37). The minimum absolute atomic E-state index is 0.0210. The molecule has 2 aliphatic carbocycles. The number of aromatic hydroxyl groups is 1. The number of nitrogens with one attached hydrogen (secondary N) is 2. The van der Waals surface area contributed by atoms with Gasteiger partial charge in [-0.25, -0.2) is 4.39 Å². The van der Waals surface area contributed by atoms with E-state index in [0.717, 1.165) is 49.8 Å². The Morgan fingerprint density at radius 2 is 1.97 bits per heavy atom. The van der Waals surface area contributed by atoms with Gasteiger partial charge in [-0.1, -0.05) is 38.0 Å². The number of fused-ring (bicyclic) bond motifs is 1. The first-order valence-electron chi connectivity index (χ1n) is 13.4. The van der Waals surface area contributed by atoms with Gasteiger partial charge in [0.2, 0.25) is 5.91 Å².